The second kappa shape index (κ2) is 8.44. The fourth-order valence-corrected chi connectivity index (χ4v) is 4.82. The number of hydrogen-bond donors (Lipinski definition) is 1. The summed E-state index contributed by atoms with van der Waals surface area (Å²) in [5, 5.41) is 10.9. The number of carbonyl (C=O) groups excluding carboxylic acids is 1. The van der Waals surface area contributed by atoms with Gasteiger partial charge < -0.3 is 9.84 Å². The fraction of sp³-hybridized carbons (Fsp3) is 0.611. The van der Waals surface area contributed by atoms with E-state index in [1.807, 2.05) is 19.9 Å². The smallest absolute Gasteiger partial charge is 0.273 e. The van der Waals surface area contributed by atoms with E-state index in [1.54, 1.807) is 11.6 Å². The van der Waals surface area contributed by atoms with Gasteiger partial charge in [-0.15, -0.1) is 0 Å². The van der Waals surface area contributed by atoms with E-state index in [-0.39, 0.29) is 18.0 Å². The minimum atomic E-state index is -3.36. The van der Waals surface area contributed by atoms with E-state index in [0.717, 1.165) is 30.7 Å². The molecule has 0 radical (unpaired) electrons. The molecule has 28 heavy (non-hydrogen) atoms. The summed E-state index contributed by atoms with van der Waals surface area (Å²) in [7, 11) is -3.36. The highest BCUT2D eigenvalue weighted by molar-refractivity contribution is 7.89. The molecule has 1 aliphatic heterocycles. The van der Waals surface area contributed by atoms with Crippen molar-refractivity contribution < 1.29 is 17.7 Å². The first-order valence-electron chi connectivity index (χ1n) is 9.50. The molecule has 1 saturated heterocycles. The summed E-state index contributed by atoms with van der Waals surface area (Å²) in [6.45, 7) is 7.10. The Morgan fingerprint density at radius 1 is 1.21 bits per heavy atom. The molecule has 0 saturated carbocycles. The van der Waals surface area contributed by atoms with Gasteiger partial charge in [0.2, 0.25) is 10.0 Å². The lowest BCUT2D eigenvalue weighted by atomic mass is 10.2. The topological polar surface area (TPSA) is 110 Å². The Kier molecular flexibility index (Phi) is 6.19. The van der Waals surface area contributed by atoms with E-state index in [0.29, 0.717) is 31.0 Å². The number of carbonyl (C=O) groups is 1. The first kappa shape index (κ1) is 20.5. The average Bonchev–Trinajstić information content (AvgIpc) is 3.17. The Labute approximate surface area is 165 Å². The summed E-state index contributed by atoms with van der Waals surface area (Å²) < 4.78 is 33.3. The van der Waals surface area contributed by atoms with Crippen molar-refractivity contribution in [3.05, 3.63) is 34.5 Å². The predicted molar refractivity (Wildman–Crippen MR) is 104 cm³/mol. The maximum absolute atomic E-state index is 12.5. The average molecular weight is 410 g/mol. The second-order valence-corrected chi connectivity index (χ2v) is 9.27. The number of hydrogen-bond acceptors (Lipinski definition) is 6. The van der Waals surface area contributed by atoms with Crippen LogP contribution in [0.1, 0.15) is 52.5 Å². The van der Waals surface area contributed by atoms with Crippen LogP contribution in [0.15, 0.2) is 10.6 Å². The van der Waals surface area contributed by atoms with Crippen molar-refractivity contribution in [3.8, 4) is 0 Å². The molecule has 0 aliphatic carbocycles. The summed E-state index contributed by atoms with van der Waals surface area (Å²) in [4.78, 5) is 12.5. The maximum Gasteiger partial charge on any atom is 0.273 e. The molecule has 0 bridgehead atoms. The Morgan fingerprint density at radius 3 is 2.57 bits per heavy atom. The van der Waals surface area contributed by atoms with Gasteiger partial charge >= 0.3 is 0 Å². The number of aryl methyl sites for hydroxylation is 3. The van der Waals surface area contributed by atoms with E-state index < -0.39 is 15.9 Å². The highest BCUT2D eigenvalue weighted by Crippen LogP contribution is 2.17. The standard InChI is InChI=1S/C18H27N5O4S/c1-13-11-14(2)23(20-13)12-16-15(3)27-21-17(16)18(24)19-7-10-28(25,26)22-8-5-4-6-9-22/h11H,4-10,12H2,1-3H3,(H,19,24). The molecule has 1 N–H and O–H groups in total. The lowest BCUT2D eigenvalue weighted by molar-refractivity contribution is 0.0946. The Hall–Kier alpha value is -2.20. The van der Waals surface area contributed by atoms with Crippen LogP contribution < -0.4 is 5.32 Å². The molecule has 0 atom stereocenters. The van der Waals surface area contributed by atoms with Crippen LogP contribution in [0.5, 0.6) is 0 Å². The molecular formula is C18H27N5O4S. The summed E-state index contributed by atoms with van der Waals surface area (Å²) in [5.74, 6) is -0.0246. The van der Waals surface area contributed by atoms with Crippen LogP contribution in [0.3, 0.4) is 0 Å². The van der Waals surface area contributed by atoms with Gasteiger partial charge in [0.1, 0.15) is 5.76 Å². The molecule has 0 spiro atoms. The fourth-order valence-electron chi connectivity index (χ4n) is 3.39. The molecule has 9 nitrogen and oxygen atoms in total. The van der Waals surface area contributed by atoms with Crippen molar-refractivity contribution in [1.82, 2.24) is 24.6 Å². The van der Waals surface area contributed by atoms with E-state index >= 15 is 0 Å². The second-order valence-electron chi connectivity index (χ2n) is 7.18. The van der Waals surface area contributed by atoms with Gasteiger partial charge in [0.15, 0.2) is 5.69 Å². The third kappa shape index (κ3) is 4.61. The summed E-state index contributed by atoms with van der Waals surface area (Å²) >= 11 is 0. The Morgan fingerprint density at radius 2 is 1.93 bits per heavy atom. The number of rotatable bonds is 7. The Bertz CT molecular complexity index is 941. The molecule has 0 unspecified atom stereocenters. The first-order chi connectivity index (χ1) is 13.3. The van der Waals surface area contributed by atoms with Crippen molar-refractivity contribution in [1.29, 1.82) is 0 Å². The third-order valence-electron chi connectivity index (χ3n) is 4.96. The monoisotopic (exact) mass is 409 g/mol. The van der Waals surface area contributed by atoms with Crippen molar-refractivity contribution in [2.24, 2.45) is 0 Å². The zero-order chi connectivity index (χ0) is 20.3. The van der Waals surface area contributed by atoms with E-state index in [9.17, 15) is 13.2 Å². The highest BCUT2D eigenvalue weighted by Gasteiger charge is 2.25. The summed E-state index contributed by atoms with van der Waals surface area (Å²) in [5.41, 5.74) is 2.67. The number of aromatic nitrogens is 3. The quantitative estimate of drug-likeness (QED) is 0.740. The van der Waals surface area contributed by atoms with Crippen LogP contribution in [0.25, 0.3) is 0 Å². The van der Waals surface area contributed by atoms with Crippen molar-refractivity contribution in [2.75, 3.05) is 25.4 Å². The van der Waals surface area contributed by atoms with Gasteiger partial charge in [0.25, 0.3) is 5.91 Å². The molecule has 154 valence electrons. The van der Waals surface area contributed by atoms with Gasteiger partial charge in [-0.25, -0.2) is 12.7 Å². The van der Waals surface area contributed by atoms with Crippen LogP contribution >= 0.6 is 0 Å². The minimum absolute atomic E-state index is 0.0307. The number of sulfonamides is 1. The van der Waals surface area contributed by atoms with Crippen molar-refractivity contribution >= 4 is 15.9 Å². The lowest BCUT2D eigenvalue weighted by Gasteiger charge is -2.25. The Balaban J connectivity index is 1.62. The van der Waals surface area contributed by atoms with Crippen LogP contribution in [0.4, 0.5) is 0 Å². The van der Waals surface area contributed by atoms with Gasteiger partial charge in [-0.3, -0.25) is 9.48 Å². The van der Waals surface area contributed by atoms with Gasteiger partial charge in [-0.05, 0) is 39.7 Å². The molecular weight excluding hydrogens is 382 g/mol. The molecule has 3 rings (SSSR count). The number of nitrogens with one attached hydrogen (secondary N) is 1. The van der Waals surface area contributed by atoms with Crippen molar-refractivity contribution in [2.45, 2.75) is 46.6 Å². The molecule has 0 aromatic carbocycles. The SMILES string of the molecule is Cc1cc(C)n(Cc2c(C(=O)NCCS(=O)(=O)N3CCCCC3)noc2C)n1. The van der Waals surface area contributed by atoms with Crippen LogP contribution in [0.2, 0.25) is 0 Å². The number of nitrogens with zero attached hydrogens (tertiary/aromatic N) is 4. The lowest BCUT2D eigenvalue weighted by Crippen LogP contribution is -2.40. The summed E-state index contributed by atoms with van der Waals surface area (Å²) in [6, 6.07) is 1.95. The minimum Gasteiger partial charge on any atom is -0.361 e. The van der Waals surface area contributed by atoms with E-state index in [2.05, 4.69) is 15.6 Å². The van der Waals surface area contributed by atoms with Crippen LogP contribution in [-0.2, 0) is 16.6 Å². The first-order valence-corrected chi connectivity index (χ1v) is 11.1. The summed E-state index contributed by atoms with van der Waals surface area (Å²) in [6.07, 6.45) is 2.84. The zero-order valence-electron chi connectivity index (χ0n) is 16.6. The molecule has 1 fully saturated rings. The largest absolute Gasteiger partial charge is 0.361 e. The van der Waals surface area contributed by atoms with Crippen molar-refractivity contribution in [3.63, 3.8) is 0 Å². The molecule has 3 heterocycles. The van der Waals surface area contributed by atoms with Gasteiger partial charge in [-0.1, -0.05) is 11.6 Å². The van der Waals surface area contributed by atoms with Gasteiger partial charge in [-0.2, -0.15) is 5.10 Å². The van der Waals surface area contributed by atoms with E-state index in [1.165, 1.54) is 4.31 Å². The molecule has 1 amide bonds. The predicted octanol–water partition coefficient (Wildman–Crippen LogP) is 1.39. The number of piperidine rings is 1. The van der Waals surface area contributed by atoms with Crippen LogP contribution in [-0.4, -0.2) is 59.0 Å². The molecule has 2 aromatic heterocycles. The number of amides is 1. The zero-order valence-corrected chi connectivity index (χ0v) is 17.4. The normalized spacial score (nSPS) is 15.7. The maximum atomic E-state index is 12.5. The highest BCUT2D eigenvalue weighted by atomic mass is 32.2. The molecule has 1 aliphatic rings. The third-order valence-corrected chi connectivity index (χ3v) is 6.84. The molecule has 10 heteroatoms. The molecule has 2 aromatic rings. The van der Waals surface area contributed by atoms with Crippen LogP contribution in [0, 0.1) is 20.8 Å². The van der Waals surface area contributed by atoms with Gasteiger partial charge in [0.05, 0.1) is 18.0 Å². The van der Waals surface area contributed by atoms with E-state index in [4.69, 9.17) is 4.52 Å². The van der Waals surface area contributed by atoms with Gasteiger partial charge in [0, 0.05) is 30.9 Å².